The number of aryl methyl sites for hydroxylation is 1. The monoisotopic (exact) mass is 277 g/mol. The highest BCUT2D eigenvalue weighted by Gasteiger charge is 2.19. The largest absolute Gasteiger partial charge is 0.459 e. The van der Waals surface area contributed by atoms with E-state index in [0.29, 0.717) is 6.04 Å². The molecule has 1 aromatic heterocycles. The zero-order chi connectivity index (χ0) is 13.8. The highest BCUT2D eigenvalue weighted by Crippen LogP contribution is 2.30. The summed E-state index contributed by atoms with van der Waals surface area (Å²) in [6.45, 7) is 6.60. The van der Waals surface area contributed by atoms with Crippen LogP contribution >= 0.6 is 11.8 Å². The number of rotatable bonds is 6. The third-order valence-corrected chi connectivity index (χ3v) is 4.26. The standard InChI is InChI=1S/C16H23NOS/c1-5-13-14-8-6-7-9-15(14)18-16(13)12(3)17-11(2)10-19-4/h6-9,11-12,17H,5,10H2,1-4H3. The van der Waals surface area contributed by atoms with Crippen molar-refractivity contribution in [1.82, 2.24) is 5.32 Å². The first-order chi connectivity index (χ1) is 9.17. The molecule has 0 radical (unpaired) electrons. The molecule has 0 fully saturated rings. The Hall–Kier alpha value is -0.930. The van der Waals surface area contributed by atoms with E-state index in [0.717, 1.165) is 23.5 Å². The molecule has 19 heavy (non-hydrogen) atoms. The second-order valence-electron chi connectivity index (χ2n) is 5.04. The lowest BCUT2D eigenvalue weighted by Crippen LogP contribution is -2.31. The molecule has 0 saturated carbocycles. The highest BCUT2D eigenvalue weighted by molar-refractivity contribution is 7.98. The molecule has 3 heteroatoms. The van der Waals surface area contributed by atoms with Gasteiger partial charge in [-0.05, 0) is 32.6 Å². The summed E-state index contributed by atoms with van der Waals surface area (Å²) in [4.78, 5) is 0. The first-order valence-corrected chi connectivity index (χ1v) is 8.32. The second-order valence-corrected chi connectivity index (χ2v) is 5.95. The van der Waals surface area contributed by atoms with E-state index < -0.39 is 0 Å². The Balaban J connectivity index is 2.28. The van der Waals surface area contributed by atoms with Gasteiger partial charge in [-0.1, -0.05) is 25.1 Å². The molecule has 2 rings (SSSR count). The summed E-state index contributed by atoms with van der Waals surface area (Å²) in [6, 6.07) is 9.06. The summed E-state index contributed by atoms with van der Waals surface area (Å²) in [5, 5.41) is 4.87. The van der Waals surface area contributed by atoms with Gasteiger partial charge in [-0.3, -0.25) is 0 Å². The topological polar surface area (TPSA) is 25.2 Å². The molecule has 0 aliphatic carbocycles. The maximum atomic E-state index is 6.06. The number of fused-ring (bicyclic) bond motifs is 1. The SMILES string of the molecule is CCc1c(C(C)NC(C)CSC)oc2ccccc12. The van der Waals surface area contributed by atoms with E-state index >= 15 is 0 Å². The van der Waals surface area contributed by atoms with Crippen molar-refractivity contribution in [2.24, 2.45) is 0 Å². The van der Waals surface area contributed by atoms with Crippen LogP contribution in [-0.4, -0.2) is 18.1 Å². The predicted molar refractivity (Wildman–Crippen MR) is 85.0 cm³/mol. The second kappa shape index (κ2) is 6.49. The Morgan fingerprint density at radius 2 is 2.00 bits per heavy atom. The van der Waals surface area contributed by atoms with Crippen molar-refractivity contribution in [3.8, 4) is 0 Å². The van der Waals surface area contributed by atoms with E-state index in [-0.39, 0.29) is 6.04 Å². The molecule has 0 amide bonds. The van der Waals surface area contributed by atoms with Crippen molar-refractivity contribution in [3.05, 3.63) is 35.6 Å². The van der Waals surface area contributed by atoms with Crippen LogP contribution in [0.15, 0.2) is 28.7 Å². The fourth-order valence-electron chi connectivity index (χ4n) is 2.63. The van der Waals surface area contributed by atoms with E-state index in [1.807, 2.05) is 17.8 Å². The number of furan rings is 1. The fourth-order valence-corrected chi connectivity index (χ4v) is 3.23. The van der Waals surface area contributed by atoms with Gasteiger partial charge in [0.2, 0.25) is 0 Å². The van der Waals surface area contributed by atoms with E-state index in [2.05, 4.69) is 50.5 Å². The molecule has 104 valence electrons. The molecule has 2 nitrogen and oxygen atoms in total. The maximum Gasteiger partial charge on any atom is 0.134 e. The Bertz CT molecular complexity index is 535. The van der Waals surface area contributed by atoms with E-state index in [1.165, 1.54) is 10.9 Å². The molecule has 2 aromatic rings. The number of benzene rings is 1. The third kappa shape index (κ3) is 3.15. The van der Waals surface area contributed by atoms with E-state index in [9.17, 15) is 0 Å². The van der Waals surface area contributed by atoms with Gasteiger partial charge in [0.1, 0.15) is 11.3 Å². The van der Waals surface area contributed by atoms with Gasteiger partial charge in [0, 0.05) is 22.7 Å². The van der Waals surface area contributed by atoms with Crippen molar-refractivity contribution in [2.75, 3.05) is 12.0 Å². The van der Waals surface area contributed by atoms with Crippen LogP contribution in [0.1, 0.15) is 38.1 Å². The van der Waals surface area contributed by atoms with Crippen LogP contribution in [0.25, 0.3) is 11.0 Å². The van der Waals surface area contributed by atoms with Gasteiger partial charge in [0.25, 0.3) is 0 Å². The molecule has 0 spiro atoms. The predicted octanol–water partition coefficient (Wildman–Crippen LogP) is 4.40. The molecule has 1 heterocycles. The molecular formula is C16H23NOS. The van der Waals surface area contributed by atoms with Crippen molar-refractivity contribution >= 4 is 22.7 Å². The van der Waals surface area contributed by atoms with E-state index in [4.69, 9.17) is 4.42 Å². The lowest BCUT2D eigenvalue weighted by atomic mass is 10.0. The van der Waals surface area contributed by atoms with Crippen LogP contribution in [0.3, 0.4) is 0 Å². The van der Waals surface area contributed by atoms with Gasteiger partial charge < -0.3 is 9.73 Å². The van der Waals surface area contributed by atoms with Crippen molar-refractivity contribution < 1.29 is 4.42 Å². The van der Waals surface area contributed by atoms with Crippen LogP contribution in [-0.2, 0) is 6.42 Å². The lowest BCUT2D eigenvalue weighted by molar-refractivity contribution is 0.422. The number of hydrogen-bond acceptors (Lipinski definition) is 3. The van der Waals surface area contributed by atoms with Crippen LogP contribution in [0.4, 0.5) is 0 Å². The first-order valence-electron chi connectivity index (χ1n) is 6.92. The van der Waals surface area contributed by atoms with Crippen LogP contribution < -0.4 is 5.32 Å². The summed E-state index contributed by atoms with van der Waals surface area (Å²) in [7, 11) is 0. The van der Waals surface area contributed by atoms with Gasteiger partial charge in [0.15, 0.2) is 0 Å². The molecule has 2 unspecified atom stereocenters. The number of thioether (sulfide) groups is 1. The Kier molecular flexibility index (Phi) is 4.94. The van der Waals surface area contributed by atoms with Crippen LogP contribution in [0.5, 0.6) is 0 Å². The van der Waals surface area contributed by atoms with Gasteiger partial charge in [-0.15, -0.1) is 0 Å². The quantitative estimate of drug-likeness (QED) is 0.847. The van der Waals surface area contributed by atoms with Gasteiger partial charge >= 0.3 is 0 Å². The van der Waals surface area contributed by atoms with Crippen molar-refractivity contribution in [2.45, 2.75) is 39.3 Å². The summed E-state index contributed by atoms with van der Waals surface area (Å²) < 4.78 is 6.06. The minimum atomic E-state index is 0.254. The molecule has 2 atom stereocenters. The summed E-state index contributed by atoms with van der Waals surface area (Å²) >= 11 is 1.87. The van der Waals surface area contributed by atoms with Crippen LogP contribution in [0, 0.1) is 0 Å². The van der Waals surface area contributed by atoms with Crippen molar-refractivity contribution in [3.63, 3.8) is 0 Å². The number of para-hydroxylation sites is 1. The maximum absolute atomic E-state index is 6.06. The summed E-state index contributed by atoms with van der Waals surface area (Å²) in [5.41, 5.74) is 2.34. The molecule has 0 bridgehead atoms. The molecule has 1 N–H and O–H groups in total. The van der Waals surface area contributed by atoms with Crippen LogP contribution in [0.2, 0.25) is 0 Å². The third-order valence-electron chi connectivity index (χ3n) is 3.43. The molecule has 1 aromatic carbocycles. The fraction of sp³-hybridized carbons (Fsp3) is 0.500. The Morgan fingerprint density at radius 3 is 2.68 bits per heavy atom. The molecular weight excluding hydrogens is 254 g/mol. The smallest absolute Gasteiger partial charge is 0.134 e. The lowest BCUT2D eigenvalue weighted by Gasteiger charge is -2.18. The average Bonchev–Trinajstić information content (AvgIpc) is 2.77. The summed E-state index contributed by atoms with van der Waals surface area (Å²) in [6.07, 6.45) is 3.15. The Morgan fingerprint density at radius 1 is 1.26 bits per heavy atom. The number of nitrogens with one attached hydrogen (secondary N) is 1. The molecule has 0 saturated heterocycles. The zero-order valence-corrected chi connectivity index (χ0v) is 13.0. The summed E-state index contributed by atoms with van der Waals surface area (Å²) in [5.74, 6) is 2.21. The molecule has 0 aliphatic heterocycles. The minimum absolute atomic E-state index is 0.254. The Labute approximate surface area is 119 Å². The average molecular weight is 277 g/mol. The molecule has 0 aliphatic rings. The first kappa shape index (κ1) is 14.5. The normalized spacial score (nSPS) is 14.7. The van der Waals surface area contributed by atoms with E-state index in [1.54, 1.807) is 0 Å². The van der Waals surface area contributed by atoms with Gasteiger partial charge in [-0.2, -0.15) is 11.8 Å². The highest BCUT2D eigenvalue weighted by atomic mass is 32.2. The zero-order valence-electron chi connectivity index (χ0n) is 12.2. The number of hydrogen-bond donors (Lipinski definition) is 1. The van der Waals surface area contributed by atoms with Crippen molar-refractivity contribution in [1.29, 1.82) is 0 Å². The van der Waals surface area contributed by atoms with Gasteiger partial charge in [-0.25, -0.2) is 0 Å². The van der Waals surface area contributed by atoms with Gasteiger partial charge in [0.05, 0.1) is 6.04 Å². The minimum Gasteiger partial charge on any atom is -0.459 e.